The average Bonchev–Trinajstić information content (AvgIpc) is 2.08. The molecule has 68 valence electrons. The largest absolute Gasteiger partial charge is 0.325 e. The normalized spacial score (nSPS) is 10.2. The highest BCUT2D eigenvalue weighted by Gasteiger charge is 1.95. The monoisotopic (exact) mass is 178 g/mol. The van der Waals surface area contributed by atoms with Crippen molar-refractivity contribution < 1.29 is 4.79 Å². The summed E-state index contributed by atoms with van der Waals surface area (Å²) in [5.74, 6) is 4.82. The molecule has 5 nitrogen and oxygen atoms in total. The lowest BCUT2D eigenvalue weighted by Gasteiger charge is -2.00. The molecule has 0 radical (unpaired) electrons. The van der Waals surface area contributed by atoms with Crippen molar-refractivity contribution in [1.29, 1.82) is 0 Å². The van der Waals surface area contributed by atoms with E-state index in [-0.39, 0.29) is 5.91 Å². The molecule has 5 heteroatoms. The lowest BCUT2D eigenvalue weighted by Crippen LogP contribution is -2.06. The number of carbonyl (C=O) groups excluding carboxylic acids is 1. The van der Waals surface area contributed by atoms with Gasteiger partial charge < -0.3 is 11.2 Å². The van der Waals surface area contributed by atoms with E-state index in [0.717, 1.165) is 0 Å². The minimum Gasteiger partial charge on any atom is -0.325 e. The maximum atomic E-state index is 10.6. The number of nitrogens with one attached hydrogen (secondary N) is 1. The average molecular weight is 178 g/mol. The Hall–Kier alpha value is -1.91. The fourth-order valence-corrected chi connectivity index (χ4v) is 0.835. The highest BCUT2D eigenvalue weighted by molar-refractivity contribution is 5.88. The van der Waals surface area contributed by atoms with Crippen molar-refractivity contribution in [2.75, 3.05) is 5.32 Å². The van der Waals surface area contributed by atoms with Crippen LogP contribution < -0.4 is 11.2 Å². The number of pyridine rings is 1. The van der Waals surface area contributed by atoms with Crippen molar-refractivity contribution in [1.82, 2.24) is 4.98 Å². The molecule has 0 aliphatic heterocycles. The van der Waals surface area contributed by atoms with Crippen molar-refractivity contribution in [2.45, 2.75) is 6.92 Å². The third-order valence-corrected chi connectivity index (χ3v) is 1.31. The van der Waals surface area contributed by atoms with Gasteiger partial charge in [0.15, 0.2) is 0 Å². The highest BCUT2D eigenvalue weighted by atomic mass is 16.1. The molecule has 0 aliphatic rings. The Morgan fingerprint density at radius 1 is 1.69 bits per heavy atom. The summed E-state index contributed by atoms with van der Waals surface area (Å²) in [4.78, 5) is 14.6. The fraction of sp³-hybridized carbons (Fsp3) is 0.125. The fourth-order valence-electron chi connectivity index (χ4n) is 0.835. The van der Waals surface area contributed by atoms with Crippen molar-refractivity contribution in [3.05, 3.63) is 24.0 Å². The summed E-state index contributed by atoms with van der Waals surface area (Å²) in [5, 5.41) is 5.92. The number of hydrogen-bond acceptors (Lipinski definition) is 4. The Bertz CT molecular complexity index is 317. The molecule has 0 fully saturated rings. The second-order valence-corrected chi connectivity index (χ2v) is 2.43. The third kappa shape index (κ3) is 2.90. The maximum Gasteiger partial charge on any atom is 0.221 e. The summed E-state index contributed by atoms with van der Waals surface area (Å²) < 4.78 is 0. The second-order valence-electron chi connectivity index (χ2n) is 2.43. The first kappa shape index (κ1) is 9.18. The summed E-state index contributed by atoms with van der Waals surface area (Å²) in [5.41, 5.74) is 1.30. The quantitative estimate of drug-likeness (QED) is 0.389. The summed E-state index contributed by atoms with van der Waals surface area (Å²) in [6.45, 7) is 1.44. The molecule has 0 bridgehead atoms. The van der Waals surface area contributed by atoms with Crippen LogP contribution >= 0.6 is 0 Å². The van der Waals surface area contributed by atoms with Gasteiger partial charge >= 0.3 is 0 Å². The number of nitrogens with two attached hydrogens (primary N) is 1. The van der Waals surface area contributed by atoms with Gasteiger partial charge in [-0.2, -0.15) is 5.10 Å². The van der Waals surface area contributed by atoms with E-state index in [4.69, 9.17) is 5.84 Å². The maximum absolute atomic E-state index is 10.6. The van der Waals surface area contributed by atoms with E-state index in [9.17, 15) is 4.79 Å². The zero-order valence-electron chi connectivity index (χ0n) is 7.19. The third-order valence-electron chi connectivity index (χ3n) is 1.31. The Labute approximate surface area is 75.7 Å². The molecular formula is C8H10N4O. The Morgan fingerprint density at radius 3 is 2.92 bits per heavy atom. The SMILES string of the molecule is CC(=O)Nc1ccc(C=NN)nc1. The van der Waals surface area contributed by atoms with Gasteiger partial charge in [0.05, 0.1) is 23.8 Å². The van der Waals surface area contributed by atoms with E-state index in [0.29, 0.717) is 11.4 Å². The highest BCUT2D eigenvalue weighted by Crippen LogP contribution is 2.04. The van der Waals surface area contributed by atoms with Crippen LogP contribution in [0.25, 0.3) is 0 Å². The number of aromatic nitrogens is 1. The van der Waals surface area contributed by atoms with Crippen LogP contribution in [0.15, 0.2) is 23.4 Å². The number of rotatable bonds is 2. The first-order chi connectivity index (χ1) is 6.22. The molecule has 0 spiro atoms. The second kappa shape index (κ2) is 4.20. The van der Waals surface area contributed by atoms with E-state index < -0.39 is 0 Å². The predicted octanol–water partition coefficient (Wildman–Crippen LogP) is 0.333. The predicted molar refractivity (Wildman–Crippen MR) is 50.3 cm³/mol. The van der Waals surface area contributed by atoms with Gasteiger partial charge in [-0.1, -0.05) is 0 Å². The molecule has 0 unspecified atom stereocenters. The molecule has 1 rings (SSSR count). The topological polar surface area (TPSA) is 80.4 Å². The van der Waals surface area contributed by atoms with Gasteiger partial charge in [-0.3, -0.25) is 9.78 Å². The first-order valence-electron chi connectivity index (χ1n) is 3.69. The molecule has 1 aromatic heterocycles. The standard InChI is InChI=1S/C8H10N4O/c1-6(13)12-8-3-2-7(5-11-9)10-4-8/h2-5H,9H2,1H3,(H,12,13). The van der Waals surface area contributed by atoms with E-state index in [1.54, 1.807) is 18.3 Å². The number of carbonyl (C=O) groups is 1. The molecule has 1 amide bonds. The molecule has 1 aromatic rings. The van der Waals surface area contributed by atoms with Crippen LogP contribution in [0, 0.1) is 0 Å². The lowest BCUT2D eigenvalue weighted by molar-refractivity contribution is -0.114. The minimum absolute atomic E-state index is 0.123. The van der Waals surface area contributed by atoms with Gasteiger partial charge in [0, 0.05) is 6.92 Å². The van der Waals surface area contributed by atoms with E-state index in [2.05, 4.69) is 15.4 Å². The van der Waals surface area contributed by atoms with Crippen LogP contribution in [0.4, 0.5) is 5.69 Å². The van der Waals surface area contributed by atoms with E-state index >= 15 is 0 Å². The van der Waals surface area contributed by atoms with Crippen molar-refractivity contribution in [3.8, 4) is 0 Å². The molecule has 0 saturated carbocycles. The summed E-state index contributed by atoms with van der Waals surface area (Å²) in [7, 11) is 0. The molecule has 13 heavy (non-hydrogen) atoms. The van der Waals surface area contributed by atoms with Crippen molar-refractivity contribution in [3.63, 3.8) is 0 Å². The van der Waals surface area contributed by atoms with E-state index in [1.807, 2.05) is 0 Å². The van der Waals surface area contributed by atoms with Gasteiger partial charge in [-0.25, -0.2) is 0 Å². The van der Waals surface area contributed by atoms with Crippen LogP contribution in [-0.2, 0) is 4.79 Å². The van der Waals surface area contributed by atoms with Crippen LogP contribution in [0.3, 0.4) is 0 Å². The summed E-state index contributed by atoms with van der Waals surface area (Å²) >= 11 is 0. The Morgan fingerprint density at radius 2 is 2.46 bits per heavy atom. The Kier molecular flexibility index (Phi) is 2.97. The molecule has 0 saturated heterocycles. The number of hydrogen-bond donors (Lipinski definition) is 2. The zero-order valence-corrected chi connectivity index (χ0v) is 7.19. The lowest BCUT2D eigenvalue weighted by atomic mass is 10.3. The van der Waals surface area contributed by atoms with Crippen LogP contribution in [0.2, 0.25) is 0 Å². The summed E-state index contributed by atoms with van der Waals surface area (Å²) in [6.07, 6.45) is 2.97. The minimum atomic E-state index is -0.123. The number of nitrogens with zero attached hydrogens (tertiary/aromatic N) is 2. The first-order valence-corrected chi connectivity index (χ1v) is 3.69. The molecule has 3 N–H and O–H groups in total. The van der Waals surface area contributed by atoms with Gasteiger partial charge in [0.25, 0.3) is 0 Å². The van der Waals surface area contributed by atoms with Gasteiger partial charge in [-0.15, -0.1) is 0 Å². The van der Waals surface area contributed by atoms with Crippen molar-refractivity contribution in [2.24, 2.45) is 10.9 Å². The van der Waals surface area contributed by atoms with Gasteiger partial charge in [0.2, 0.25) is 5.91 Å². The van der Waals surface area contributed by atoms with Gasteiger partial charge in [-0.05, 0) is 12.1 Å². The molecule has 0 aromatic carbocycles. The molecule has 0 atom stereocenters. The molecule has 0 aliphatic carbocycles. The van der Waals surface area contributed by atoms with Crippen molar-refractivity contribution >= 4 is 17.8 Å². The molecule has 1 heterocycles. The summed E-state index contributed by atoms with van der Waals surface area (Å²) in [6, 6.07) is 3.44. The van der Waals surface area contributed by atoms with Crippen LogP contribution in [0.5, 0.6) is 0 Å². The number of anilines is 1. The molecular weight excluding hydrogens is 168 g/mol. The zero-order chi connectivity index (χ0) is 9.68. The van der Waals surface area contributed by atoms with Gasteiger partial charge in [0.1, 0.15) is 0 Å². The van der Waals surface area contributed by atoms with E-state index in [1.165, 1.54) is 13.1 Å². The van der Waals surface area contributed by atoms with Crippen LogP contribution in [-0.4, -0.2) is 17.1 Å². The number of amides is 1. The smallest absolute Gasteiger partial charge is 0.221 e. The van der Waals surface area contributed by atoms with Crippen LogP contribution in [0.1, 0.15) is 12.6 Å². The Balaban J connectivity index is 2.75. The number of hydrazone groups is 1.